The molecule has 0 spiro atoms. The zero-order valence-electron chi connectivity index (χ0n) is 12.6. The largest absolute Gasteiger partial charge is 0.378 e. The fourth-order valence-corrected chi connectivity index (χ4v) is 2.60. The number of aromatic nitrogens is 2. The van der Waals surface area contributed by atoms with Gasteiger partial charge in [-0.05, 0) is 19.8 Å². The van der Waals surface area contributed by atoms with Gasteiger partial charge in [0.25, 0.3) is 0 Å². The molecule has 6 heteroatoms. The molecule has 1 atom stereocenters. The van der Waals surface area contributed by atoms with Crippen LogP contribution in [0.1, 0.15) is 45.3 Å². The average molecular weight is 283 g/mol. The van der Waals surface area contributed by atoms with E-state index in [1.54, 1.807) is 0 Å². The van der Waals surface area contributed by atoms with Crippen LogP contribution < -0.4 is 5.32 Å². The fraction of sp³-hybridized carbons (Fsp3) is 0.857. The lowest BCUT2D eigenvalue weighted by Crippen LogP contribution is -2.42. The lowest BCUT2D eigenvalue weighted by Gasteiger charge is -2.27. The highest BCUT2D eigenvalue weighted by atomic mass is 16.5. The molecule has 1 unspecified atom stereocenters. The predicted octanol–water partition coefficient (Wildman–Crippen LogP) is 1.65. The van der Waals surface area contributed by atoms with Gasteiger partial charge in [-0.15, -0.1) is 0 Å². The van der Waals surface area contributed by atoms with Gasteiger partial charge in [-0.1, -0.05) is 19.0 Å². The second kappa shape index (κ2) is 7.15. The van der Waals surface area contributed by atoms with Crippen molar-refractivity contribution in [1.29, 1.82) is 0 Å². The van der Waals surface area contributed by atoms with Gasteiger partial charge in [-0.2, -0.15) is 4.98 Å². The third kappa shape index (κ3) is 3.37. The lowest BCUT2D eigenvalue weighted by atomic mass is 9.96. The van der Waals surface area contributed by atoms with Crippen LogP contribution in [0.15, 0.2) is 4.52 Å². The molecule has 114 valence electrons. The Morgan fingerprint density at radius 3 is 2.75 bits per heavy atom. The molecule has 1 fully saturated rings. The van der Waals surface area contributed by atoms with Crippen LogP contribution in [-0.4, -0.2) is 42.5 Å². The molecule has 6 nitrogen and oxygen atoms in total. The summed E-state index contributed by atoms with van der Waals surface area (Å²) in [7, 11) is 0. The van der Waals surface area contributed by atoms with E-state index in [0.29, 0.717) is 31.3 Å². The van der Waals surface area contributed by atoms with Gasteiger partial charge in [0, 0.05) is 25.6 Å². The van der Waals surface area contributed by atoms with E-state index in [0.717, 1.165) is 26.0 Å². The van der Waals surface area contributed by atoms with Crippen molar-refractivity contribution in [3.8, 4) is 0 Å². The zero-order chi connectivity index (χ0) is 14.4. The monoisotopic (exact) mass is 283 g/mol. The maximum Gasteiger partial charge on any atom is 0.228 e. The van der Waals surface area contributed by atoms with Crippen molar-refractivity contribution in [2.24, 2.45) is 0 Å². The van der Waals surface area contributed by atoms with Gasteiger partial charge in [-0.25, -0.2) is 0 Å². The molecule has 0 bridgehead atoms. The van der Waals surface area contributed by atoms with Crippen molar-refractivity contribution >= 4 is 0 Å². The number of hydrogen-bond donors (Lipinski definition) is 1. The van der Waals surface area contributed by atoms with Crippen LogP contribution in [0.3, 0.4) is 0 Å². The van der Waals surface area contributed by atoms with E-state index in [2.05, 4.69) is 29.3 Å². The van der Waals surface area contributed by atoms with E-state index < -0.39 is 5.60 Å². The fourth-order valence-electron chi connectivity index (χ4n) is 2.60. The van der Waals surface area contributed by atoms with Crippen molar-refractivity contribution in [3.63, 3.8) is 0 Å². The topological polar surface area (TPSA) is 69.4 Å². The second-order valence-corrected chi connectivity index (χ2v) is 5.08. The van der Waals surface area contributed by atoms with Crippen LogP contribution in [0.2, 0.25) is 0 Å². The first-order valence-electron chi connectivity index (χ1n) is 7.52. The van der Waals surface area contributed by atoms with Crippen LogP contribution in [0.25, 0.3) is 0 Å². The molecule has 1 aromatic heterocycles. The van der Waals surface area contributed by atoms with Crippen molar-refractivity contribution in [3.05, 3.63) is 11.7 Å². The van der Waals surface area contributed by atoms with Gasteiger partial charge in [-0.3, -0.25) is 0 Å². The van der Waals surface area contributed by atoms with Crippen LogP contribution in [0, 0.1) is 0 Å². The molecule has 1 saturated heterocycles. The SMILES string of the molecule is CCOC(CC)(CC)c1noc(CC2COCCN2)n1. The molecule has 0 radical (unpaired) electrons. The summed E-state index contributed by atoms with van der Waals surface area (Å²) in [6.07, 6.45) is 2.37. The number of nitrogens with zero attached hydrogens (tertiary/aromatic N) is 2. The standard InChI is InChI=1S/C14H25N3O3/c1-4-14(5-2,19-6-3)13-16-12(20-17-13)9-11-10-18-8-7-15-11/h11,15H,4-10H2,1-3H3. The van der Waals surface area contributed by atoms with E-state index in [9.17, 15) is 0 Å². The van der Waals surface area contributed by atoms with Crippen LogP contribution in [-0.2, 0) is 21.5 Å². The molecule has 1 aliphatic heterocycles. The molecule has 1 N–H and O–H groups in total. The maximum absolute atomic E-state index is 5.89. The summed E-state index contributed by atoms with van der Waals surface area (Å²) in [5, 5.41) is 7.52. The Bertz CT molecular complexity index is 398. The summed E-state index contributed by atoms with van der Waals surface area (Å²) in [6, 6.07) is 0.252. The zero-order valence-corrected chi connectivity index (χ0v) is 12.6. The average Bonchev–Trinajstić information content (AvgIpc) is 2.95. The minimum atomic E-state index is -0.424. The van der Waals surface area contributed by atoms with Crippen LogP contribution in [0.4, 0.5) is 0 Å². The van der Waals surface area contributed by atoms with Gasteiger partial charge in [0.2, 0.25) is 11.7 Å². The first-order valence-corrected chi connectivity index (χ1v) is 7.52. The van der Waals surface area contributed by atoms with Crippen molar-refractivity contribution in [1.82, 2.24) is 15.5 Å². The quantitative estimate of drug-likeness (QED) is 0.820. The molecule has 2 heterocycles. The highest BCUT2D eigenvalue weighted by Crippen LogP contribution is 2.30. The Morgan fingerprint density at radius 2 is 2.15 bits per heavy atom. The van der Waals surface area contributed by atoms with Gasteiger partial charge in [0.15, 0.2) is 0 Å². The predicted molar refractivity (Wildman–Crippen MR) is 74.5 cm³/mol. The Morgan fingerprint density at radius 1 is 1.35 bits per heavy atom. The Balaban J connectivity index is 2.06. The summed E-state index contributed by atoms with van der Waals surface area (Å²) < 4.78 is 16.7. The van der Waals surface area contributed by atoms with E-state index >= 15 is 0 Å². The smallest absolute Gasteiger partial charge is 0.228 e. The van der Waals surface area contributed by atoms with Crippen LogP contribution >= 0.6 is 0 Å². The third-order valence-electron chi connectivity index (χ3n) is 3.86. The third-order valence-corrected chi connectivity index (χ3v) is 3.86. The number of morpholine rings is 1. The normalized spacial score (nSPS) is 20.2. The Labute approximate surface area is 120 Å². The number of hydrogen-bond acceptors (Lipinski definition) is 6. The molecule has 0 amide bonds. The minimum Gasteiger partial charge on any atom is -0.378 e. The van der Waals surface area contributed by atoms with E-state index in [1.165, 1.54) is 0 Å². The highest BCUT2D eigenvalue weighted by Gasteiger charge is 2.34. The number of rotatable bonds is 7. The first-order chi connectivity index (χ1) is 9.74. The molecule has 0 aromatic carbocycles. The Kier molecular flexibility index (Phi) is 5.51. The molecule has 0 aliphatic carbocycles. The first kappa shape index (κ1) is 15.4. The van der Waals surface area contributed by atoms with Gasteiger partial charge in [0.1, 0.15) is 5.60 Å². The van der Waals surface area contributed by atoms with Gasteiger partial charge in [0.05, 0.1) is 13.2 Å². The molecular formula is C14H25N3O3. The highest BCUT2D eigenvalue weighted by molar-refractivity contribution is 5.02. The molecule has 1 aromatic rings. The van der Waals surface area contributed by atoms with Crippen LogP contribution in [0.5, 0.6) is 0 Å². The molecule has 1 aliphatic rings. The van der Waals surface area contributed by atoms with Gasteiger partial charge < -0.3 is 19.3 Å². The lowest BCUT2D eigenvalue weighted by molar-refractivity contribution is -0.0583. The van der Waals surface area contributed by atoms with Gasteiger partial charge >= 0.3 is 0 Å². The Hall–Kier alpha value is -0.980. The minimum absolute atomic E-state index is 0.252. The summed E-state index contributed by atoms with van der Waals surface area (Å²) >= 11 is 0. The molecule has 0 saturated carbocycles. The molecular weight excluding hydrogens is 258 g/mol. The van der Waals surface area contributed by atoms with E-state index in [4.69, 9.17) is 14.0 Å². The van der Waals surface area contributed by atoms with Crippen molar-refractivity contribution in [2.45, 2.75) is 51.7 Å². The van der Waals surface area contributed by atoms with Crippen molar-refractivity contribution < 1.29 is 14.0 Å². The number of ether oxygens (including phenoxy) is 2. The number of nitrogens with one attached hydrogen (secondary N) is 1. The van der Waals surface area contributed by atoms with E-state index in [1.807, 2.05) is 6.92 Å². The summed E-state index contributed by atoms with van der Waals surface area (Å²) in [6.45, 7) is 9.14. The van der Waals surface area contributed by atoms with Crippen molar-refractivity contribution in [2.75, 3.05) is 26.4 Å². The molecule has 2 rings (SSSR count). The maximum atomic E-state index is 5.89. The summed E-state index contributed by atoms with van der Waals surface area (Å²) in [4.78, 5) is 4.54. The second-order valence-electron chi connectivity index (χ2n) is 5.08. The summed E-state index contributed by atoms with van der Waals surface area (Å²) in [5.41, 5.74) is -0.424. The van der Waals surface area contributed by atoms with E-state index in [-0.39, 0.29) is 6.04 Å². The molecule has 20 heavy (non-hydrogen) atoms. The summed E-state index contributed by atoms with van der Waals surface area (Å²) in [5.74, 6) is 1.31.